The van der Waals surface area contributed by atoms with Crippen LogP contribution in [0.5, 0.6) is 0 Å². The van der Waals surface area contributed by atoms with Gasteiger partial charge in [0.1, 0.15) is 0 Å². The van der Waals surface area contributed by atoms with E-state index >= 15 is 0 Å². The Hall–Kier alpha value is -2.93. The fraction of sp³-hybridized carbons (Fsp3) is 0.400. The molecule has 2 N–H and O–H groups in total. The number of hydrogen-bond donors (Lipinski definition) is 2. The molecule has 6 nitrogen and oxygen atoms in total. The van der Waals surface area contributed by atoms with Crippen LogP contribution in [0.4, 0.5) is 10.5 Å². The van der Waals surface area contributed by atoms with E-state index in [2.05, 4.69) is 29.5 Å². The number of urea groups is 1. The number of likely N-dealkylation sites (tertiary alicyclic amines) is 1. The van der Waals surface area contributed by atoms with Crippen molar-refractivity contribution in [2.75, 3.05) is 18.4 Å². The second-order valence-electron chi connectivity index (χ2n) is 8.63. The third-order valence-electron chi connectivity index (χ3n) is 5.78. The summed E-state index contributed by atoms with van der Waals surface area (Å²) < 4.78 is 1.09. The van der Waals surface area contributed by atoms with E-state index in [0.29, 0.717) is 25.4 Å². The second kappa shape index (κ2) is 10.1. The van der Waals surface area contributed by atoms with E-state index in [4.69, 9.17) is 0 Å². The van der Waals surface area contributed by atoms with E-state index < -0.39 is 0 Å². The number of rotatable bonds is 6. The lowest BCUT2D eigenvalue weighted by Gasteiger charge is -2.32. The highest BCUT2D eigenvalue weighted by Crippen LogP contribution is 2.29. The van der Waals surface area contributed by atoms with Gasteiger partial charge < -0.3 is 15.5 Å². The van der Waals surface area contributed by atoms with Gasteiger partial charge in [-0.15, -0.1) is 11.3 Å². The largest absolute Gasteiger partial charge is 0.353 e. The number of nitrogens with one attached hydrogen (secondary N) is 2. The lowest BCUT2D eigenvalue weighted by Crippen LogP contribution is -2.47. The van der Waals surface area contributed by atoms with Crippen LogP contribution in [0, 0.1) is 0 Å². The predicted molar refractivity (Wildman–Crippen MR) is 130 cm³/mol. The van der Waals surface area contributed by atoms with Crippen LogP contribution in [-0.4, -0.2) is 41.0 Å². The summed E-state index contributed by atoms with van der Waals surface area (Å²) >= 11 is 1.67. The molecule has 168 valence electrons. The zero-order valence-electron chi connectivity index (χ0n) is 18.6. The second-order valence-corrected chi connectivity index (χ2v) is 9.70. The van der Waals surface area contributed by atoms with Crippen molar-refractivity contribution < 1.29 is 9.59 Å². The minimum atomic E-state index is -0.0909. The van der Waals surface area contributed by atoms with Crippen molar-refractivity contribution in [3.05, 3.63) is 59.1 Å². The number of thiazole rings is 1. The Morgan fingerprint density at radius 3 is 2.59 bits per heavy atom. The first kappa shape index (κ1) is 22.3. The summed E-state index contributed by atoms with van der Waals surface area (Å²) in [5.74, 6) is 0.473. The predicted octanol–water partition coefficient (Wildman–Crippen LogP) is 5.17. The number of hydrogen-bond acceptors (Lipinski definition) is 4. The first-order chi connectivity index (χ1) is 15.5. The van der Waals surface area contributed by atoms with E-state index in [0.717, 1.165) is 40.2 Å². The molecule has 1 aliphatic rings. The van der Waals surface area contributed by atoms with Gasteiger partial charge in [0.2, 0.25) is 5.91 Å². The number of fused-ring (bicyclic) bond motifs is 1. The number of piperidine rings is 1. The summed E-state index contributed by atoms with van der Waals surface area (Å²) in [7, 11) is 0. The van der Waals surface area contributed by atoms with Crippen LogP contribution in [0.1, 0.15) is 49.6 Å². The number of aryl methyl sites for hydroxylation is 1. The van der Waals surface area contributed by atoms with Crippen molar-refractivity contribution in [1.29, 1.82) is 0 Å². The number of anilines is 1. The van der Waals surface area contributed by atoms with Gasteiger partial charge in [0.25, 0.3) is 0 Å². The SMILES string of the molecule is CC(C)c1nc2ccc(NC(=O)N3CCC(NC(=O)CCc4ccccc4)CC3)cc2s1. The third kappa shape index (κ3) is 5.65. The summed E-state index contributed by atoms with van der Waals surface area (Å²) in [5.41, 5.74) is 2.93. The lowest BCUT2D eigenvalue weighted by molar-refractivity contribution is -0.122. The Labute approximate surface area is 193 Å². The molecule has 1 aromatic heterocycles. The van der Waals surface area contributed by atoms with Gasteiger partial charge in [-0.1, -0.05) is 44.2 Å². The van der Waals surface area contributed by atoms with Crippen molar-refractivity contribution in [2.45, 2.75) is 51.5 Å². The molecule has 2 aromatic carbocycles. The van der Waals surface area contributed by atoms with Crippen molar-refractivity contribution in [1.82, 2.24) is 15.2 Å². The summed E-state index contributed by atoms with van der Waals surface area (Å²) in [5, 5.41) is 7.25. The smallest absolute Gasteiger partial charge is 0.321 e. The molecule has 1 aliphatic heterocycles. The zero-order valence-corrected chi connectivity index (χ0v) is 19.5. The van der Waals surface area contributed by atoms with Crippen molar-refractivity contribution in [3.8, 4) is 0 Å². The third-order valence-corrected chi connectivity index (χ3v) is 7.10. The number of nitrogens with zero attached hydrogens (tertiary/aromatic N) is 2. The molecule has 3 amide bonds. The van der Waals surface area contributed by atoms with Crippen LogP contribution >= 0.6 is 11.3 Å². The van der Waals surface area contributed by atoms with Crippen LogP contribution in [0.3, 0.4) is 0 Å². The molecule has 3 aromatic rings. The molecule has 0 unspecified atom stereocenters. The highest BCUT2D eigenvalue weighted by molar-refractivity contribution is 7.18. The molecule has 7 heteroatoms. The maximum Gasteiger partial charge on any atom is 0.321 e. The Morgan fingerprint density at radius 1 is 1.12 bits per heavy atom. The van der Waals surface area contributed by atoms with Crippen LogP contribution < -0.4 is 10.6 Å². The van der Waals surface area contributed by atoms with Gasteiger partial charge in [-0.2, -0.15) is 0 Å². The average Bonchev–Trinajstić information content (AvgIpc) is 3.23. The highest BCUT2D eigenvalue weighted by Gasteiger charge is 2.24. The normalized spacial score (nSPS) is 14.7. The molecular weight excluding hydrogens is 420 g/mol. The van der Waals surface area contributed by atoms with Gasteiger partial charge in [0.15, 0.2) is 0 Å². The molecule has 0 radical (unpaired) electrons. The molecule has 1 saturated heterocycles. The van der Waals surface area contributed by atoms with E-state index in [9.17, 15) is 9.59 Å². The average molecular weight is 451 g/mol. The minimum absolute atomic E-state index is 0.0791. The van der Waals surface area contributed by atoms with Gasteiger partial charge in [-0.05, 0) is 43.0 Å². The van der Waals surface area contributed by atoms with Crippen LogP contribution in [-0.2, 0) is 11.2 Å². The quantitative estimate of drug-likeness (QED) is 0.544. The molecule has 0 saturated carbocycles. The Bertz CT molecular complexity index is 1070. The van der Waals surface area contributed by atoms with Gasteiger partial charge in [-0.3, -0.25) is 4.79 Å². The topological polar surface area (TPSA) is 74.3 Å². The number of benzene rings is 2. The van der Waals surface area contributed by atoms with Crippen LogP contribution in [0.2, 0.25) is 0 Å². The number of amides is 3. The van der Waals surface area contributed by atoms with Crippen molar-refractivity contribution >= 4 is 39.2 Å². The zero-order chi connectivity index (χ0) is 22.5. The molecule has 1 fully saturated rings. The first-order valence-electron chi connectivity index (χ1n) is 11.3. The fourth-order valence-corrected chi connectivity index (χ4v) is 4.91. The molecule has 0 aliphatic carbocycles. The fourth-order valence-electron chi connectivity index (χ4n) is 3.90. The first-order valence-corrected chi connectivity index (χ1v) is 12.1. The maximum atomic E-state index is 12.7. The number of carbonyl (C=O) groups is 2. The summed E-state index contributed by atoms with van der Waals surface area (Å²) in [6, 6.07) is 16.0. The molecular formula is C25H30N4O2S. The number of aromatic nitrogens is 1. The lowest BCUT2D eigenvalue weighted by atomic mass is 10.0. The van der Waals surface area contributed by atoms with E-state index in [1.165, 1.54) is 5.56 Å². The van der Waals surface area contributed by atoms with E-state index in [1.54, 1.807) is 11.3 Å². The Morgan fingerprint density at radius 2 is 1.88 bits per heavy atom. The van der Waals surface area contributed by atoms with E-state index in [-0.39, 0.29) is 18.0 Å². The van der Waals surface area contributed by atoms with E-state index in [1.807, 2.05) is 53.4 Å². The van der Waals surface area contributed by atoms with Gasteiger partial charge >= 0.3 is 6.03 Å². The van der Waals surface area contributed by atoms with Crippen molar-refractivity contribution in [2.24, 2.45) is 0 Å². The Kier molecular flexibility index (Phi) is 7.05. The summed E-state index contributed by atoms with van der Waals surface area (Å²) in [6.45, 7) is 5.54. The molecule has 0 atom stereocenters. The molecule has 2 heterocycles. The standard InChI is InChI=1S/C25H30N4O2S/c1-17(2)24-28-21-10-9-20(16-22(21)32-24)27-25(31)29-14-12-19(13-15-29)26-23(30)11-8-18-6-4-3-5-7-18/h3-7,9-10,16-17,19H,8,11-15H2,1-2H3,(H,26,30)(H,27,31). The van der Waals surface area contributed by atoms with Crippen LogP contribution in [0.15, 0.2) is 48.5 Å². The molecule has 0 bridgehead atoms. The minimum Gasteiger partial charge on any atom is -0.353 e. The summed E-state index contributed by atoms with van der Waals surface area (Å²) in [4.78, 5) is 31.5. The number of carbonyl (C=O) groups excluding carboxylic acids is 2. The van der Waals surface area contributed by atoms with Gasteiger partial charge in [0.05, 0.1) is 15.2 Å². The van der Waals surface area contributed by atoms with Gasteiger partial charge in [-0.25, -0.2) is 9.78 Å². The Balaban J connectivity index is 1.23. The summed E-state index contributed by atoms with van der Waals surface area (Å²) in [6.07, 6.45) is 2.78. The molecule has 4 rings (SSSR count). The van der Waals surface area contributed by atoms with Crippen molar-refractivity contribution in [3.63, 3.8) is 0 Å². The molecule has 0 spiro atoms. The monoisotopic (exact) mass is 450 g/mol. The molecule has 32 heavy (non-hydrogen) atoms. The van der Waals surface area contributed by atoms with Gasteiger partial charge in [0, 0.05) is 37.2 Å². The van der Waals surface area contributed by atoms with Crippen LogP contribution in [0.25, 0.3) is 10.2 Å². The maximum absolute atomic E-state index is 12.7. The highest BCUT2D eigenvalue weighted by atomic mass is 32.1.